The zero-order chi connectivity index (χ0) is 28.1. The van der Waals surface area contributed by atoms with Crippen molar-refractivity contribution in [3.63, 3.8) is 0 Å². The van der Waals surface area contributed by atoms with Gasteiger partial charge in [0.25, 0.3) is 0 Å². The van der Waals surface area contributed by atoms with Gasteiger partial charge in [-0.1, -0.05) is 0 Å². The van der Waals surface area contributed by atoms with Gasteiger partial charge < -0.3 is 35.0 Å². The van der Waals surface area contributed by atoms with E-state index in [1.54, 1.807) is 75.8 Å². The topological polar surface area (TPSA) is 187 Å². The summed E-state index contributed by atoms with van der Waals surface area (Å²) in [6.07, 6.45) is 5.99. The molecule has 0 atom stereocenters. The zero-order valence-corrected chi connectivity index (χ0v) is 23.4. The Morgan fingerprint density at radius 1 is 0.825 bits per heavy atom. The Bertz CT molecular complexity index is 1420. The van der Waals surface area contributed by atoms with Gasteiger partial charge in [0.15, 0.2) is 0 Å². The number of aliphatic hydroxyl groups is 2. The maximum Gasteiger partial charge on any atom is 1.00 e. The van der Waals surface area contributed by atoms with Gasteiger partial charge in [-0.2, -0.15) is 10.2 Å². The van der Waals surface area contributed by atoms with Crippen LogP contribution in [0.1, 0.15) is 55.3 Å². The molecular formula is C26H33LiN4O9. The molecule has 14 heteroatoms. The van der Waals surface area contributed by atoms with E-state index in [1.165, 1.54) is 16.9 Å². The first-order chi connectivity index (χ1) is 17.8. The van der Waals surface area contributed by atoms with E-state index < -0.39 is 23.1 Å². The van der Waals surface area contributed by atoms with Crippen molar-refractivity contribution in [2.24, 2.45) is 0 Å². The molecule has 0 aliphatic heterocycles. The first-order valence-corrected chi connectivity index (χ1v) is 11.8. The molecular weight excluding hydrogens is 519 g/mol. The van der Waals surface area contributed by atoms with Gasteiger partial charge in [-0.15, -0.1) is 0 Å². The minimum Gasteiger partial charge on any atom is -0.870 e. The maximum absolute atomic E-state index is 11.7. The van der Waals surface area contributed by atoms with E-state index in [9.17, 15) is 19.8 Å². The number of fused-ring (bicyclic) bond motifs is 2. The summed E-state index contributed by atoms with van der Waals surface area (Å²) in [4.78, 5) is 22.6. The molecule has 13 nitrogen and oxygen atoms in total. The Kier molecular flexibility index (Phi) is 12.2. The van der Waals surface area contributed by atoms with Gasteiger partial charge in [0.2, 0.25) is 0 Å². The predicted molar refractivity (Wildman–Crippen MR) is 139 cm³/mol. The van der Waals surface area contributed by atoms with Crippen LogP contribution in [0.25, 0.3) is 11.0 Å². The Balaban J connectivity index is 0.000000383. The van der Waals surface area contributed by atoms with Crippen molar-refractivity contribution in [2.45, 2.75) is 45.8 Å². The fourth-order valence-electron chi connectivity index (χ4n) is 3.15. The molecule has 4 N–H and O–H groups in total. The van der Waals surface area contributed by atoms with Crippen molar-refractivity contribution in [2.75, 3.05) is 19.8 Å². The summed E-state index contributed by atoms with van der Waals surface area (Å²) in [6, 6.07) is 6.73. The second-order valence-electron chi connectivity index (χ2n) is 9.73. The molecule has 0 unspecified atom stereocenters. The first-order valence-electron chi connectivity index (χ1n) is 11.8. The number of nitrogens with zero attached hydrogens (tertiary/aromatic N) is 4. The van der Waals surface area contributed by atoms with E-state index in [-0.39, 0.29) is 43.1 Å². The van der Waals surface area contributed by atoms with E-state index in [0.29, 0.717) is 34.7 Å². The van der Waals surface area contributed by atoms with Gasteiger partial charge in [-0.05, 0) is 58.9 Å². The van der Waals surface area contributed by atoms with E-state index in [1.807, 2.05) is 0 Å². The quantitative estimate of drug-likeness (QED) is 0.182. The molecule has 4 aromatic rings. The zero-order valence-electron chi connectivity index (χ0n) is 23.4. The number of ether oxygens (including phenoxy) is 3. The minimum atomic E-state index is -1.02. The molecule has 4 heterocycles. The molecule has 0 aliphatic rings. The summed E-state index contributed by atoms with van der Waals surface area (Å²) in [7, 11) is 0. The summed E-state index contributed by atoms with van der Waals surface area (Å²) in [5, 5.41) is 36.1. The van der Waals surface area contributed by atoms with Crippen LogP contribution >= 0.6 is 0 Å². The standard InChI is InChI=1S/C14H18N2O4.C12H14N2O4.Li.H2O/c1-4-19-13(17)11-7-15-16-8-10(5-6-12(11)16)20-9-14(2,3)18;1-12(2,17)7-18-8-3-4-10-9(11(15)16)5-13-14(10)6-8;;/h5-8,18H,4,9H2,1-3H3;3-6,17H,7H2,1-2H3,(H,15,16);;1H2/q;;+1;/p-1. The van der Waals surface area contributed by atoms with Gasteiger partial charge in [-0.25, -0.2) is 18.6 Å². The molecule has 0 aliphatic carbocycles. The molecule has 0 fully saturated rings. The van der Waals surface area contributed by atoms with Crippen LogP contribution in [0.4, 0.5) is 0 Å². The van der Waals surface area contributed by atoms with E-state index in [2.05, 4.69) is 10.2 Å². The van der Waals surface area contributed by atoms with Crippen molar-refractivity contribution in [3.8, 4) is 11.5 Å². The number of aromatic nitrogens is 4. The Labute approximate surface area is 242 Å². The van der Waals surface area contributed by atoms with Gasteiger partial charge in [0, 0.05) is 0 Å². The summed E-state index contributed by atoms with van der Waals surface area (Å²) in [5.74, 6) is -0.328. The number of carboxylic acids is 1. The monoisotopic (exact) mass is 552 g/mol. The molecule has 0 saturated heterocycles. The summed E-state index contributed by atoms with van der Waals surface area (Å²) in [5.41, 5.74) is -0.123. The van der Waals surface area contributed by atoms with Crippen molar-refractivity contribution < 1.29 is 63.5 Å². The molecule has 0 radical (unpaired) electrons. The van der Waals surface area contributed by atoms with Crippen LogP contribution in [0.15, 0.2) is 49.1 Å². The van der Waals surface area contributed by atoms with Crippen LogP contribution in [0.3, 0.4) is 0 Å². The van der Waals surface area contributed by atoms with Crippen LogP contribution in [0.2, 0.25) is 0 Å². The smallest absolute Gasteiger partial charge is 0.870 e. The fraction of sp³-hybridized carbons (Fsp3) is 0.385. The molecule has 4 aromatic heterocycles. The molecule has 212 valence electrons. The van der Waals surface area contributed by atoms with Crippen LogP contribution in [0.5, 0.6) is 11.5 Å². The predicted octanol–water partition coefficient (Wildman–Crippen LogP) is -0.330. The number of hydrogen-bond acceptors (Lipinski definition) is 10. The molecule has 0 saturated carbocycles. The van der Waals surface area contributed by atoms with Crippen molar-refractivity contribution in [3.05, 3.63) is 60.2 Å². The number of pyridine rings is 2. The van der Waals surface area contributed by atoms with Gasteiger partial charge in [-0.3, -0.25) is 0 Å². The fourth-order valence-corrected chi connectivity index (χ4v) is 3.15. The van der Waals surface area contributed by atoms with Crippen LogP contribution < -0.4 is 28.3 Å². The summed E-state index contributed by atoms with van der Waals surface area (Å²) < 4.78 is 18.8. The Morgan fingerprint density at radius 2 is 1.25 bits per heavy atom. The minimum absolute atomic E-state index is 0. The number of hydrogen-bond donors (Lipinski definition) is 3. The number of aromatic carboxylic acids is 1. The van der Waals surface area contributed by atoms with E-state index in [0.717, 1.165) is 0 Å². The Morgan fingerprint density at radius 3 is 1.65 bits per heavy atom. The number of rotatable bonds is 9. The maximum atomic E-state index is 11.7. The van der Waals surface area contributed by atoms with Gasteiger partial charge in [0.1, 0.15) is 35.8 Å². The third kappa shape index (κ3) is 9.55. The molecule has 4 rings (SSSR count). The van der Waals surface area contributed by atoms with Crippen molar-refractivity contribution in [1.82, 2.24) is 19.2 Å². The third-order valence-corrected chi connectivity index (χ3v) is 4.89. The van der Waals surface area contributed by atoms with Gasteiger partial charge >= 0.3 is 30.8 Å². The number of carbonyl (C=O) groups excluding carboxylic acids is 1. The Hall–Kier alpha value is -3.60. The van der Waals surface area contributed by atoms with Gasteiger partial charge in [0.05, 0.1) is 53.6 Å². The number of esters is 1. The van der Waals surface area contributed by atoms with Crippen LogP contribution in [0, 0.1) is 0 Å². The van der Waals surface area contributed by atoms with Crippen LogP contribution in [-0.4, -0.2) is 83.0 Å². The molecule has 0 bridgehead atoms. The van der Waals surface area contributed by atoms with E-state index in [4.69, 9.17) is 19.3 Å². The summed E-state index contributed by atoms with van der Waals surface area (Å²) >= 11 is 0. The average molecular weight is 553 g/mol. The molecule has 0 amide bonds. The molecule has 40 heavy (non-hydrogen) atoms. The van der Waals surface area contributed by atoms with Crippen molar-refractivity contribution >= 4 is 23.0 Å². The van der Waals surface area contributed by atoms with E-state index >= 15 is 0 Å². The molecule has 0 spiro atoms. The summed E-state index contributed by atoms with van der Waals surface area (Å²) in [6.45, 7) is 9.01. The average Bonchev–Trinajstić information content (AvgIpc) is 3.45. The normalized spacial score (nSPS) is 11.1. The third-order valence-electron chi connectivity index (χ3n) is 4.89. The largest absolute Gasteiger partial charge is 1.00 e. The SMILES string of the molecule is CC(C)(O)COc1ccc2c(C(=O)O)cnn2c1.CCOC(=O)c1cnn2cc(OCC(C)(C)O)ccc12.[Li+].[OH-]. The first kappa shape index (κ1) is 34.4. The second-order valence-corrected chi connectivity index (χ2v) is 9.73. The van der Waals surface area contributed by atoms with Crippen molar-refractivity contribution in [1.29, 1.82) is 0 Å². The molecule has 0 aromatic carbocycles. The number of carboxylic acid groups (broad SMARTS) is 1. The second kappa shape index (κ2) is 14.2. The number of carbonyl (C=O) groups is 2. The van der Waals surface area contributed by atoms with Crippen LogP contribution in [-0.2, 0) is 4.74 Å².